The zero-order chi connectivity index (χ0) is 14.3. The molecule has 0 aliphatic rings. The first-order chi connectivity index (χ1) is 9.04. The summed E-state index contributed by atoms with van der Waals surface area (Å²) in [7, 11) is 0. The lowest BCUT2D eigenvalue weighted by atomic mass is 10.3. The van der Waals surface area contributed by atoms with Gasteiger partial charge in [0.2, 0.25) is 0 Å². The fourth-order valence-electron chi connectivity index (χ4n) is 1.27. The molecule has 0 bridgehead atoms. The first-order valence-electron chi connectivity index (χ1n) is 5.52. The molecule has 7 nitrogen and oxygen atoms in total. The summed E-state index contributed by atoms with van der Waals surface area (Å²) >= 11 is 0. The van der Waals surface area contributed by atoms with Gasteiger partial charge in [-0.1, -0.05) is 0 Å². The number of ether oxygens (including phenoxy) is 1. The largest absolute Gasteiger partial charge is 0.481 e. The average Bonchev–Trinajstić information content (AvgIpc) is 2.37. The highest BCUT2D eigenvalue weighted by molar-refractivity contribution is 5.88. The first-order valence-corrected chi connectivity index (χ1v) is 5.52. The van der Waals surface area contributed by atoms with Crippen LogP contribution < -0.4 is 10.1 Å². The number of aryl methyl sites for hydroxylation is 1. The van der Waals surface area contributed by atoms with Crippen LogP contribution in [0.1, 0.15) is 22.6 Å². The number of amides is 1. The standard InChI is InChI=1S/C12H13N3O4/c1-8-3-4-9(11(15-8)12(17)18)19-7-10(16)14-6-2-5-13/h3-4H,2,6-7H2,1H3,(H,14,16)(H,17,18). The maximum atomic E-state index is 11.3. The Labute approximate surface area is 109 Å². The van der Waals surface area contributed by atoms with Crippen molar-refractivity contribution in [3.05, 3.63) is 23.5 Å². The molecule has 7 heteroatoms. The third-order valence-electron chi connectivity index (χ3n) is 2.12. The van der Waals surface area contributed by atoms with E-state index in [0.29, 0.717) is 5.69 Å². The van der Waals surface area contributed by atoms with Crippen molar-refractivity contribution in [1.29, 1.82) is 5.26 Å². The number of hydrogen-bond donors (Lipinski definition) is 2. The van der Waals surface area contributed by atoms with Crippen molar-refractivity contribution in [3.8, 4) is 11.8 Å². The van der Waals surface area contributed by atoms with Crippen LogP contribution in [0.3, 0.4) is 0 Å². The van der Waals surface area contributed by atoms with Crippen LogP contribution in [0.2, 0.25) is 0 Å². The predicted molar refractivity (Wildman–Crippen MR) is 64.7 cm³/mol. The number of nitriles is 1. The van der Waals surface area contributed by atoms with Gasteiger partial charge in [0.05, 0.1) is 12.5 Å². The van der Waals surface area contributed by atoms with Gasteiger partial charge in [0.15, 0.2) is 18.1 Å². The van der Waals surface area contributed by atoms with Crippen LogP contribution >= 0.6 is 0 Å². The summed E-state index contributed by atoms with van der Waals surface area (Å²) in [6.07, 6.45) is 0.207. The maximum absolute atomic E-state index is 11.3. The van der Waals surface area contributed by atoms with E-state index in [9.17, 15) is 9.59 Å². The van der Waals surface area contributed by atoms with Crippen LogP contribution in [-0.2, 0) is 4.79 Å². The molecule has 0 saturated carbocycles. The number of rotatable bonds is 6. The van der Waals surface area contributed by atoms with E-state index in [2.05, 4.69) is 10.3 Å². The molecular weight excluding hydrogens is 250 g/mol. The van der Waals surface area contributed by atoms with Crippen LogP contribution in [0.4, 0.5) is 0 Å². The average molecular weight is 263 g/mol. The van der Waals surface area contributed by atoms with Gasteiger partial charge in [0.1, 0.15) is 0 Å². The Kier molecular flexibility index (Phi) is 5.29. The second-order valence-corrected chi connectivity index (χ2v) is 3.65. The number of carboxylic acid groups (broad SMARTS) is 1. The van der Waals surface area contributed by atoms with Gasteiger partial charge in [-0.2, -0.15) is 5.26 Å². The number of carboxylic acids is 1. The highest BCUT2D eigenvalue weighted by atomic mass is 16.5. The third-order valence-corrected chi connectivity index (χ3v) is 2.12. The third kappa shape index (κ3) is 4.63. The maximum Gasteiger partial charge on any atom is 0.358 e. The van der Waals surface area contributed by atoms with Crippen LogP contribution in [-0.4, -0.2) is 35.1 Å². The number of pyridine rings is 1. The summed E-state index contributed by atoms with van der Waals surface area (Å²) < 4.78 is 5.11. The normalized spacial score (nSPS) is 9.47. The van der Waals surface area contributed by atoms with Crippen LogP contribution in [0, 0.1) is 18.3 Å². The van der Waals surface area contributed by atoms with E-state index in [1.807, 2.05) is 6.07 Å². The van der Waals surface area contributed by atoms with Crippen molar-refractivity contribution in [2.75, 3.05) is 13.2 Å². The molecule has 100 valence electrons. The Morgan fingerprint density at radius 1 is 1.53 bits per heavy atom. The number of aromatic nitrogens is 1. The molecule has 0 spiro atoms. The SMILES string of the molecule is Cc1ccc(OCC(=O)NCCC#N)c(C(=O)O)n1. The minimum atomic E-state index is -1.22. The smallest absolute Gasteiger partial charge is 0.358 e. The van der Waals surface area contributed by atoms with E-state index in [0.717, 1.165) is 0 Å². The van der Waals surface area contributed by atoms with E-state index in [1.54, 1.807) is 13.0 Å². The number of carbonyl (C=O) groups is 2. The number of hydrogen-bond acceptors (Lipinski definition) is 5. The zero-order valence-electron chi connectivity index (χ0n) is 10.3. The lowest BCUT2D eigenvalue weighted by Gasteiger charge is -2.08. The highest BCUT2D eigenvalue weighted by Gasteiger charge is 2.14. The van der Waals surface area contributed by atoms with Crippen molar-refractivity contribution < 1.29 is 19.4 Å². The fourth-order valence-corrected chi connectivity index (χ4v) is 1.27. The van der Waals surface area contributed by atoms with Gasteiger partial charge in [-0.25, -0.2) is 9.78 Å². The van der Waals surface area contributed by atoms with Gasteiger partial charge in [-0.15, -0.1) is 0 Å². The lowest BCUT2D eigenvalue weighted by molar-refractivity contribution is -0.123. The monoisotopic (exact) mass is 263 g/mol. The number of aromatic carboxylic acids is 1. The molecule has 1 rings (SSSR count). The molecule has 0 aliphatic carbocycles. The molecule has 0 unspecified atom stereocenters. The molecular formula is C12H13N3O4. The first kappa shape index (κ1) is 14.4. The van der Waals surface area contributed by atoms with E-state index in [4.69, 9.17) is 15.1 Å². The zero-order valence-corrected chi connectivity index (χ0v) is 10.3. The molecule has 1 heterocycles. The summed E-state index contributed by atoms with van der Waals surface area (Å²) in [5, 5.41) is 19.7. The molecule has 1 amide bonds. The van der Waals surface area contributed by atoms with Gasteiger partial charge in [-0.05, 0) is 19.1 Å². The van der Waals surface area contributed by atoms with E-state index < -0.39 is 11.9 Å². The van der Waals surface area contributed by atoms with Gasteiger partial charge in [-0.3, -0.25) is 4.79 Å². The summed E-state index contributed by atoms with van der Waals surface area (Å²) in [6, 6.07) is 4.93. The molecule has 0 aliphatic heterocycles. The number of nitrogens with zero attached hydrogens (tertiary/aromatic N) is 2. The molecule has 0 saturated heterocycles. The summed E-state index contributed by atoms with van der Waals surface area (Å²) in [4.78, 5) is 26.1. The lowest BCUT2D eigenvalue weighted by Crippen LogP contribution is -2.29. The topological polar surface area (TPSA) is 112 Å². The van der Waals surface area contributed by atoms with Crippen molar-refractivity contribution in [2.45, 2.75) is 13.3 Å². The Morgan fingerprint density at radius 2 is 2.26 bits per heavy atom. The number of nitrogens with one attached hydrogen (secondary N) is 1. The van der Waals surface area contributed by atoms with Gasteiger partial charge in [0, 0.05) is 12.2 Å². The molecule has 1 aromatic heterocycles. The van der Waals surface area contributed by atoms with E-state index in [-0.39, 0.29) is 31.0 Å². The van der Waals surface area contributed by atoms with Crippen LogP contribution in [0.25, 0.3) is 0 Å². The minimum absolute atomic E-state index is 0.0357. The van der Waals surface area contributed by atoms with Crippen molar-refractivity contribution in [2.24, 2.45) is 0 Å². The second kappa shape index (κ2) is 6.96. The highest BCUT2D eigenvalue weighted by Crippen LogP contribution is 2.16. The molecule has 0 aromatic carbocycles. The van der Waals surface area contributed by atoms with Crippen molar-refractivity contribution >= 4 is 11.9 Å². The minimum Gasteiger partial charge on any atom is -0.481 e. The van der Waals surface area contributed by atoms with Gasteiger partial charge >= 0.3 is 5.97 Å². The molecule has 0 atom stereocenters. The molecule has 0 fully saturated rings. The Morgan fingerprint density at radius 3 is 2.89 bits per heavy atom. The summed E-state index contributed by atoms with van der Waals surface area (Å²) in [5.74, 6) is -1.61. The Hall–Kier alpha value is -2.62. The molecule has 2 N–H and O–H groups in total. The van der Waals surface area contributed by atoms with Crippen molar-refractivity contribution in [1.82, 2.24) is 10.3 Å². The Balaban J connectivity index is 2.60. The quantitative estimate of drug-likeness (QED) is 0.722. The Bertz CT molecular complexity index is 522. The van der Waals surface area contributed by atoms with E-state index >= 15 is 0 Å². The van der Waals surface area contributed by atoms with Crippen LogP contribution in [0.15, 0.2) is 12.1 Å². The molecule has 19 heavy (non-hydrogen) atoms. The predicted octanol–water partition coefficient (Wildman–Crippen LogP) is 0.497. The second-order valence-electron chi connectivity index (χ2n) is 3.65. The molecule has 1 aromatic rings. The molecule has 0 radical (unpaired) electrons. The fraction of sp³-hybridized carbons (Fsp3) is 0.333. The van der Waals surface area contributed by atoms with Crippen molar-refractivity contribution in [3.63, 3.8) is 0 Å². The van der Waals surface area contributed by atoms with Gasteiger partial charge < -0.3 is 15.2 Å². The van der Waals surface area contributed by atoms with Gasteiger partial charge in [0.25, 0.3) is 5.91 Å². The summed E-state index contributed by atoms with van der Waals surface area (Å²) in [6.45, 7) is 1.57. The van der Waals surface area contributed by atoms with E-state index in [1.165, 1.54) is 6.07 Å². The number of carbonyl (C=O) groups excluding carboxylic acids is 1. The summed E-state index contributed by atoms with van der Waals surface area (Å²) in [5.41, 5.74) is 0.313. The van der Waals surface area contributed by atoms with Crippen LogP contribution in [0.5, 0.6) is 5.75 Å².